The van der Waals surface area contributed by atoms with Crippen molar-refractivity contribution in [2.24, 2.45) is 5.73 Å². The fourth-order valence-electron chi connectivity index (χ4n) is 1.42. The van der Waals surface area contributed by atoms with E-state index in [1.165, 1.54) is 0 Å². The number of methoxy groups -OCH3 is 1. The normalized spacial score (nSPS) is 10.9. The van der Waals surface area contributed by atoms with Crippen LogP contribution in [0.4, 0.5) is 0 Å². The Morgan fingerprint density at radius 3 is 2.60 bits per heavy atom. The average Bonchev–Trinajstić information content (AvgIpc) is 2.25. The van der Waals surface area contributed by atoms with Crippen LogP contribution < -0.4 is 10.5 Å². The van der Waals surface area contributed by atoms with Crippen LogP contribution in [0, 0.1) is 13.8 Å². The molecule has 0 aliphatic carbocycles. The van der Waals surface area contributed by atoms with Crippen LogP contribution in [0.2, 0.25) is 0 Å². The smallest absolute Gasteiger partial charge is 0.161 e. The fraction of sp³-hybridized carbons (Fsp3) is 0.333. The molecule has 0 aromatic heterocycles. The Hall–Kier alpha value is -1.48. The third-order valence-electron chi connectivity index (χ3n) is 2.52. The lowest BCUT2D eigenvalue weighted by Gasteiger charge is -2.11. The molecule has 0 heterocycles. The zero-order chi connectivity index (χ0) is 11.4. The maximum Gasteiger partial charge on any atom is 0.161 e. The predicted octanol–water partition coefficient (Wildman–Crippen LogP) is 1.99. The summed E-state index contributed by atoms with van der Waals surface area (Å²) in [4.78, 5) is 0. The van der Waals surface area contributed by atoms with Crippen LogP contribution in [0.25, 0.3) is 6.08 Å². The summed E-state index contributed by atoms with van der Waals surface area (Å²) in [5.41, 5.74) is 8.30. The van der Waals surface area contributed by atoms with Gasteiger partial charge in [-0.1, -0.05) is 12.2 Å². The van der Waals surface area contributed by atoms with Crippen LogP contribution in [0.3, 0.4) is 0 Å². The van der Waals surface area contributed by atoms with Crippen molar-refractivity contribution in [3.8, 4) is 11.5 Å². The molecule has 0 aliphatic heterocycles. The monoisotopic (exact) mass is 207 g/mol. The first-order valence-electron chi connectivity index (χ1n) is 4.85. The molecule has 82 valence electrons. The number of benzene rings is 1. The largest absolute Gasteiger partial charge is 0.504 e. The Morgan fingerprint density at radius 1 is 1.40 bits per heavy atom. The van der Waals surface area contributed by atoms with E-state index in [9.17, 15) is 5.11 Å². The lowest BCUT2D eigenvalue weighted by Crippen LogP contribution is -1.95. The van der Waals surface area contributed by atoms with Crippen molar-refractivity contribution in [1.29, 1.82) is 0 Å². The van der Waals surface area contributed by atoms with Gasteiger partial charge in [-0.3, -0.25) is 0 Å². The van der Waals surface area contributed by atoms with Gasteiger partial charge in [0.25, 0.3) is 0 Å². The van der Waals surface area contributed by atoms with Gasteiger partial charge in [-0.25, -0.2) is 0 Å². The van der Waals surface area contributed by atoms with Gasteiger partial charge in [0.15, 0.2) is 11.5 Å². The van der Waals surface area contributed by atoms with Gasteiger partial charge in [0, 0.05) is 6.54 Å². The molecule has 0 saturated heterocycles. The SMILES string of the molecule is COc1cc(/C=C/CN)c(C)c(C)c1O. The number of phenolic OH excluding ortho intramolecular Hbond substituents is 1. The van der Waals surface area contributed by atoms with Crippen LogP contribution in [0.1, 0.15) is 16.7 Å². The second-order valence-electron chi connectivity index (χ2n) is 3.40. The van der Waals surface area contributed by atoms with Gasteiger partial charge in [-0.15, -0.1) is 0 Å². The first-order valence-corrected chi connectivity index (χ1v) is 4.85. The van der Waals surface area contributed by atoms with Gasteiger partial charge in [-0.2, -0.15) is 0 Å². The van der Waals surface area contributed by atoms with Crippen molar-refractivity contribution in [3.63, 3.8) is 0 Å². The summed E-state index contributed by atoms with van der Waals surface area (Å²) in [6.45, 7) is 4.33. The predicted molar refractivity (Wildman–Crippen MR) is 62.2 cm³/mol. The highest BCUT2D eigenvalue weighted by Crippen LogP contribution is 2.34. The number of phenols is 1. The lowest BCUT2D eigenvalue weighted by molar-refractivity contribution is 0.371. The van der Waals surface area contributed by atoms with E-state index in [0.29, 0.717) is 12.3 Å². The molecule has 0 bridgehead atoms. The summed E-state index contributed by atoms with van der Waals surface area (Å²) in [5, 5.41) is 9.75. The highest BCUT2D eigenvalue weighted by atomic mass is 16.5. The summed E-state index contributed by atoms with van der Waals surface area (Å²) in [7, 11) is 1.54. The number of hydrogen-bond acceptors (Lipinski definition) is 3. The molecule has 0 radical (unpaired) electrons. The minimum absolute atomic E-state index is 0.208. The molecule has 0 amide bonds. The molecule has 0 aliphatic rings. The Balaban J connectivity index is 3.28. The number of hydrogen-bond donors (Lipinski definition) is 2. The molecule has 0 fully saturated rings. The van der Waals surface area contributed by atoms with Gasteiger partial charge in [0.05, 0.1) is 7.11 Å². The molecule has 0 saturated carbocycles. The molecule has 0 unspecified atom stereocenters. The summed E-state index contributed by atoms with van der Waals surface area (Å²) in [6.07, 6.45) is 3.81. The Labute approximate surface area is 90.2 Å². The number of aromatic hydroxyl groups is 1. The summed E-state index contributed by atoms with van der Waals surface area (Å²) in [5.74, 6) is 0.703. The Bertz CT molecular complexity index is 384. The average molecular weight is 207 g/mol. The Morgan fingerprint density at radius 2 is 2.07 bits per heavy atom. The van der Waals surface area contributed by atoms with Crippen LogP contribution >= 0.6 is 0 Å². The van der Waals surface area contributed by atoms with Crippen molar-refractivity contribution in [2.75, 3.05) is 13.7 Å². The lowest BCUT2D eigenvalue weighted by atomic mass is 10.0. The van der Waals surface area contributed by atoms with E-state index in [2.05, 4.69) is 0 Å². The number of nitrogens with two attached hydrogens (primary N) is 1. The van der Waals surface area contributed by atoms with Gasteiger partial charge in [-0.05, 0) is 36.6 Å². The maximum absolute atomic E-state index is 9.75. The third-order valence-corrected chi connectivity index (χ3v) is 2.52. The zero-order valence-electron chi connectivity index (χ0n) is 9.37. The Kier molecular flexibility index (Phi) is 3.74. The van der Waals surface area contributed by atoms with Gasteiger partial charge in [0.2, 0.25) is 0 Å². The first-order chi connectivity index (χ1) is 7.11. The standard InChI is InChI=1S/C12H17NO2/c1-8-9(2)12(14)11(15-3)7-10(8)5-4-6-13/h4-5,7,14H,6,13H2,1-3H3/b5-4+. The second-order valence-corrected chi connectivity index (χ2v) is 3.40. The van der Waals surface area contributed by atoms with Crippen molar-refractivity contribution in [2.45, 2.75) is 13.8 Å². The van der Waals surface area contributed by atoms with E-state index in [1.807, 2.05) is 32.1 Å². The molecule has 1 aromatic rings. The fourth-order valence-corrected chi connectivity index (χ4v) is 1.42. The maximum atomic E-state index is 9.75. The van der Waals surface area contributed by atoms with Gasteiger partial charge >= 0.3 is 0 Å². The van der Waals surface area contributed by atoms with E-state index in [0.717, 1.165) is 16.7 Å². The quantitative estimate of drug-likeness (QED) is 0.797. The van der Waals surface area contributed by atoms with E-state index >= 15 is 0 Å². The molecular formula is C12H17NO2. The highest BCUT2D eigenvalue weighted by molar-refractivity contribution is 5.63. The number of ether oxygens (including phenoxy) is 1. The molecule has 3 nitrogen and oxygen atoms in total. The van der Waals surface area contributed by atoms with Crippen LogP contribution in [0.5, 0.6) is 11.5 Å². The summed E-state index contributed by atoms with van der Waals surface area (Å²) in [6, 6.07) is 1.81. The molecule has 0 spiro atoms. The summed E-state index contributed by atoms with van der Waals surface area (Å²) < 4.78 is 5.09. The molecule has 3 N–H and O–H groups in total. The topological polar surface area (TPSA) is 55.5 Å². The molecule has 15 heavy (non-hydrogen) atoms. The van der Waals surface area contributed by atoms with E-state index in [4.69, 9.17) is 10.5 Å². The minimum atomic E-state index is 0.208. The van der Waals surface area contributed by atoms with Crippen LogP contribution in [0.15, 0.2) is 12.1 Å². The summed E-state index contributed by atoms with van der Waals surface area (Å²) >= 11 is 0. The van der Waals surface area contributed by atoms with Crippen molar-refractivity contribution in [1.82, 2.24) is 0 Å². The first kappa shape index (κ1) is 11.6. The van der Waals surface area contributed by atoms with E-state index < -0.39 is 0 Å². The molecule has 1 rings (SSSR count). The minimum Gasteiger partial charge on any atom is -0.504 e. The van der Waals surface area contributed by atoms with Crippen LogP contribution in [-0.4, -0.2) is 18.8 Å². The van der Waals surface area contributed by atoms with Gasteiger partial charge < -0.3 is 15.6 Å². The molecule has 3 heteroatoms. The zero-order valence-corrected chi connectivity index (χ0v) is 9.37. The van der Waals surface area contributed by atoms with Crippen molar-refractivity contribution < 1.29 is 9.84 Å². The third kappa shape index (κ3) is 2.30. The van der Waals surface area contributed by atoms with Crippen molar-refractivity contribution in [3.05, 3.63) is 28.8 Å². The highest BCUT2D eigenvalue weighted by Gasteiger charge is 2.10. The van der Waals surface area contributed by atoms with Gasteiger partial charge in [0.1, 0.15) is 0 Å². The second kappa shape index (κ2) is 4.84. The van der Waals surface area contributed by atoms with Crippen LogP contribution in [-0.2, 0) is 0 Å². The molecule has 0 atom stereocenters. The van der Waals surface area contributed by atoms with E-state index in [-0.39, 0.29) is 5.75 Å². The number of rotatable bonds is 3. The van der Waals surface area contributed by atoms with E-state index in [1.54, 1.807) is 7.11 Å². The molecular weight excluding hydrogens is 190 g/mol. The van der Waals surface area contributed by atoms with Crippen molar-refractivity contribution >= 4 is 6.08 Å². The molecule has 1 aromatic carbocycles.